The highest BCUT2D eigenvalue weighted by atomic mass is 16.5. The van der Waals surface area contributed by atoms with Gasteiger partial charge in [0.15, 0.2) is 5.76 Å². The summed E-state index contributed by atoms with van der Waals surface area (Å²) in [6.07, 6.45) is 0. The first kappa shape index (κ1) is 17.1. The Hall–Kier alpha value is -2.31. The van der Waals surface area contributed by atoms with Crippen LogP contribution >= 0.6 is 0 Å². The molecule has 2 aliphatic heterocycles. The number of carbonyl (C=O) groups is 1. The van der Waals surface area contributed by atoms with Gasteiger partial charge in [-0.3, -0.25) is 9.69 Å². The van der Waals surface area contributed by atoms with Crippen LogP contribution in [0.2, 0.25) is 0 Å². The van der Waals surface area contributed by atoms with E-state index < -0.39 is 0 Å². The van der Waals surface area contributed by atoms with E-state index in [-0.39, 0.29) is 11.9 Å². The quantitative estimate of drug-likeness (QED) is 0.845. The van der Waals surface area contributed by atoms with Gasteiger partial charge in [-0.25, -0.2) is 0 Å². The molecule has 2 bridgehead atoms. The van der Waals surface area contributed by atoms with Crippen LogP contribution in [0.15, 0.2) is 40.8 Å². The van der Waals surface area contributed by atoms with Crippen LogP contribution < -0.4 is 4.74 Å². The Balaban J connectivity index is 1.54. The first-order valence-electron chi connectivity index (χ1n) is 8.95. The van der Waals surface area contributed by atoms with E-state index in [2.05, 4.69) is 11.9 Å². The highest BCUT2D eigenvalue weighted by Gasteiger charge is 2.34. The van der Waals surface area contributed by atoms with Gasteiger partial charge < -0.3 is 18.8 Å². The lowest BCUT2D eigenvalue weighted by Gasteiger charge is -2.29. The fourth-order valence-electron chi connectivity index (χ4n) is 3.76. The zero-order valence-electron chi connectivity index (χ0n) is 15.2. The molecule has 6 nitrogen and oxygen atoms in total. The number of hydrogen-bond acceptors (Lipinski definition) is 5. The molecule has 0 N–H and O–H groups in total. The Morgan fingerprint density at radius 1 is 1.15 bits per heavy atom. The van der Waals surface area contributed by atoms with Crippen molar-refractivity contribution < 1.29 is 18.7 Å². The topological polar surface area (TPSA) is 55.1 Å². The minimum Gasteiger partial charge on any atom is -0.497 e. The summed E-state index contributed by atoms with van der Waals surface area (Å²) < 4.78 is 16.9. The highest BCUT2D eigenvalue weighted by molar-refractivity contribution is 5.92. The molecule has 26 heavy (non-hydrogen) atoms. The van der Waals surface area contributed by atoms with Gasteiger partial charge in [-0.1, -0.05) is 12.1 Å². The van der Waals surface area contributed by atoms with Crippen LogP contribution in [0, 0.1) is 5.92 Å². The third kappa shape index (κ3) is 3.34. The minimum atomic E-state index is -0.0497. The van der Waals surface area contributed by atoms with Gasteiger partial charge in [0.1, 0.15) is 11.5 Å². The van der Waals surface area contributed by atoms with Crippen LogP contribution in [-0.2, 0) is 4.74 Å². The van der Waals surface area contributed by atoms with Crippen LogP contribution in [0.3, 0.4) is 0 Å². The van der Waals surface area contributed by atoms with Crippen molar-refractivity contribution in [3.8, 4) is 17.1 Å². The molecule has 1 amide bonds. The standard InChI is InChI=1S/C20H24N2O4/c1-21-9-14-10-22(11-16(21)13-25-12-14)20(23)19-7-6-18(26-19)15-4-3-5-17(8-15)24-2/h3-8,14,16H,9-13H2,1-2H3/t14-,16+/m1/s1. The molecule has 0 unspecified atom stereocenters. The summed E-state index contributed by atoms with van der Waals surface area (Å²) in [4.78, 5) is 17.2. The van der Waals surface area contributed by atoms with Crippen LogP contribution in [0.5, 0.6) is 5.75 Å². The van der Waals surface area contributed by atoms with Gasteiger partial charge in [-0.15, -0.1) is 0 Å². The number of likely N-dealkylation sites (N-methyl/N-ethyl adjacent to an activating group) is 1. The van der Waals surface area contributed by atoms with Crippen molar-refractivity contribution in [2.45, 2.75) is 6.04 Å². The number of carbonyl (C=O) groups excluding carboxylic acids is 1. The fourth-order valence-corrected chi connectivity index (χ4v) is 3.76. The van der Waals surface area contributed by atoms with Crippen molar-refractivity contribution in [1.29, 1.82) is 0 Å². The molecule has 4 rings (SSSR count). The summed E-state index contributed by atoms with van der Waals surface area (Å²) in [6.45, 7) is 3.71. The van der Waals surface area contributed by atoms with Crippen LogP contribution in [-0.4, -0.2) is 68.8 Å². The summed E-state index contributed by atoms with van der Waals surface area (Å²) >= 11 is 0. The molecular formula is C20H24N2O4. The smallest absolute Gasteiger partial charge is 0.289 e. The fraction of sp³-hybridized carbons (Fsp3) is 0.450. The Morgan fingerprint density at radius 3 is 2.88 bits per heavy atom. The second kappa shape index (κ2) is 7.13. The molecule has 3 heterocycles. The van der Waals surface area contributed by atoms with E-state index in [0.717, 1.165) is 17.9 Å². The molecule has 0 saturated carbocycles. The lowest BCUT2D eigenvalue weighted by Crippen LogP contribution is -2.44. The Morgan fingerprint density at radius 2 is 2.04 bits per heavy atom. The minimum absolute atomic E-state index is 0.0497. The maximum atomic E-state index is 13.0. The molecule has 0 spiro atoms. The summed E-state index contributed by atoms with van der Waals surface area (Å²) in [5.41, 5.74) is 0.893. The summed E-state index contributed by atoms with van der Waals surface area (Å²) in [5.74, 6) is 2.10. The van der Waals surface area contributed by atoms with E-state index in [1.54, 1.807) is 13.2 Å². The van der Waals surface area contributed by atoms with E-state index in [0.29, 0.717) is 43.7 Å². The average Bonchev–Trinajstić information content (AvgIpc) is 3.00. The molecule has 1 aromatic heterocycles. The van der Waals surface area contributed by atoms with Crippen LogP contribution in [0.4, 0.5) is 0 Å². The highest BCUT2D eigenvalue weighted by Crippen LogP contribution is 2.27. The van der Waals surface area contributed by atoms with E-state index in [9.17, 15) is 4.79 Å². The molecule has 0 aliphatic carbocycles. The molecular weight excluding hydrogens is 332 g/mol. The second-order valence-corrected chi connectivity index (χ2v) is 7.10. The van der Waals surface area contributed by atoms with E-state index >= 15 is 0 Å². The molecule has 0 radical (unpaired) electrons. The van der Waals surface area contributed by atoms with Gasteiger partial charge in [0.05, 0.1) is 26.4 Å². The number of hydrogen-bond donors (Lipinski definition) is 0. The number of amides is 1. The van der Waals surface area contributed by atoms with Crippen molar-refractivity contribution in [2.24, 2.45) is 5.92 Å². The second-order valence-electron chi connectivity index (χ2n) is 7.10. The van der Waals surface area contributed by atoms with Gasteiger partial charge in [-0.2, -0.15) is 0 Å². The first-order valence-corrected chi connectivity index (χ1v) is 8.95. The number of nitrogens with zero attached hydrogens (tertiary/aromatic N) is 2. The number of ether oxygens (including phenoxy) is 2. The Labute approximate surface area is 153 Å². The zero-order valence-corrected chi connectivity index (χ0v) is 15.2. The lowest BCUT2D eigenvalue weighted by molar-refractivity contribution is 0.0415. The largest absolute Gasteiger partial charge is 0.497 e. The SMILES string of the molecule is COc1cccc(-c2ccc(C(=O)N3C[C@@H]4COC[C@H](C3)N(C)C4)o2)c1. The number of benzene rings is 1. The van der Waals surface area contributed by atoms with Gasteiger partial charge in [0.25, 0.3) is 5.91 Å². The third-order valence-electron chi connectivity index (χ3n) is 5.20. The van der Waals surface area contributed by atoms with Crippen molar-refractivity contribution in [3.63, 3.8) is 0 Å². The Kier molecular flexibility index (Phi) is 4.70. The molecule has 6 heteroatoms. The van der Waals surface area contributed by atoms with Crippen molar-refractivity contribution in [1.82, 2.24) is 9.80 Å². The predicted octanol–water partition coefficient (Wildman–Crippen LogP) is 2.36. The van der Waals surface area contributed by atoms with Crippen LogP contribution in [0.25, 0.3) is 11.3 Å². The van der Waals surface area contributed by atoms with Crippen LogP contribution in [0.1, 0.15) is 10.6 Å². The van der Waals surface area contributed by atoms with Crippen molar-refractivity contribution in [2.75, 3.05) is 47.0 Å². The summed E-state index contributed by atoms with van der Waals surface area (Å²) in [6, 6.07) is 11.5. The molecule has 138 valence electrons. The number of methoxy groups -OCH3 is 1. The van der Waals surface area contributed by atoms with E-state index in [4.69, 9.17) is 13.9 Å². The van der Waals surface area contributed by atoms with Gasteiger partial charge in [0.2, 0.25) is 0 Å². The van der Waals surface area contributed by atoms with Gasteiger partial charge in [-0.05, 0) is 31.3 Å². The zero-order chi connectivity index (χ0) is 18.1. The lowest BCUT2D eigenvalue weighted by atomic mass is 10.1. The van der Waals surface area contributed by atoms with Gasteiger partial charge in [0, 0.05) is 31.1 Å². The summed E-state index contributed by atoms with van der Waals surface area (Å²) in [7, 11) is 3.74. The van der Waals surface area contributed by atoms with Crippen molar-refractivity contribution in [3.05, 3.63) is 42.2 Å². The molecule has 1 aromatic carbocycles. The molecule has 2 fully saturated rings. The molecule has 2 aliphatic rings. The third-order valence-corrected chi connectivity index (χ3v) is 5.20. The number of rotatable bonds is 3. The number of furan rings is 1. The predicted molar refractivity (Wildman–Crippen MR) is 97.3 cm³/mol. The van der Waals surface area contributed by atoms with Crippen molar-refractivity contribution >= 4 is 5.91 Å². The Bertz CT molecular complexity index is 788. The van der Waals surface area contributed by atoms with E-state index in [1.807, 2.05) is 35.2 Å². The molecule has 2 saturated heterocycles. The monoisotopic (exact) mass is 356 g/mol. The van der Waals surface area contributed by atoms with Gasteiger partial charge >= 0.3 is 0 Å². The maximum Gasteiger partial charge on any atom is 0.289 e. The normalized spacial score (nSPS) is 23.5. The first-order chi connectivity index (χ1) is 12.6. The van der Waals surface area contributed by atoms with E-state index in [1.165, 1.54) is 0 Å². The molecule has 2 atom stereocenters. The maximum absolute atomic E-state index is 13.0. The molecule has 2 aromatic rings. The summed E-state index contributed by atoms with van der Waals surface area (Å²) in [5, 5.41) is 0. The average molecular weight is 356 g/mol. The number of fused-ring (bicyclic) bond motifs is 3.